The van der Waals surface area contributed by atoms with Crippen LogP contribution < -0.4 is 4.57 Å². The molecular formula is C60H44N6. The molecule has 13 rings (SSSR count). The number of hydrogen-bond acceptors (Lipinski definition) is 4. The summed E-state index contributed by atoms with van der Waals surface area (Å²) in [6.07, 6.45) is 15.6. The summed E-state index contributed by atoms with van der Waals surface area (Å²) in [7, 11) is 2.03. The maximum absolute atomic E-state index is 5.31. The molecule has 6 nitrogen and oxygen atoms in total. The summed E-state index contributed by atoms with van der Waals surface area (Å²) in [5.74, 6) is 0.319. The Hall–Kier alpha value is -8.09. The van der Waals surface area contributed by atoms with Gasteiger partial charge in [-0.3, -0.25) is 19.9 Å². The van der Waals surface area contributed by atoms with E-state index >= 15 is 0 Å². The van der Waals surface area contributed by atoms with Crippen LogP contribution in [-0.2, 0) is 23.4 Å². The van der Waals surface area contributed by atoms with Crippen LogP contribution in [0.3, 0.4) is 0 Å². The van der Waals surface area contributed by atoms with Gasteiger partial charge in [-0.15, -0.1) is 0 Å². The lowest BCUT2D eigenvalue weighted by Crippen LogP contribution is -2.38. The number of hydrogen-bond donors (Lipinski definition) is 0. The lowest BCUT2D eigenvalue weighted by Gasteiger charge is -2.38. The van der Waals surface area contributed by atoms with E-state index in [2.05, 4.69) is 207 Å². The van der Waals surface area contributed by atoms with E-state index in [1.165, 1.54) is 22.3 Å². The molecule has 0 bridgehead atoms. The van der Waals surface area contributed by atoms with Crippen LogP contribution in [0, 0.1) is 6.33 Å². The molecule has 3 aliphatic rings. The van der Waals surface area contributed by atoms with Crippen molar-refractivity contribution in [2.24, 2.45) is 7.05 Å². The Morgan fingerprint density at radius 3 is 1.55 bits per heavy atom. The molecule has 3 aliphatic carbocycles. The highest BCUT2D eigenvalue weighted by Gasteiger charge is 2.53. The second-order valence-corrected chi connectivity index (χ2v) is 18.2. The van der Waals surface area contributed by atoms with Gasteiger partial charge in [-0.25, -0.2) is 0 Å². The lowest BCUT2D eigenvalue weighted by molar-refractivity contribution is -0.675. The van der Waals surface area contributed by atoms with E-state index in [0.717, 1.165) is 78.4 Å². The van der Waals surface area contributed by atoms with Crippen LogP contribution in [0.5, 0.6) is 0 Å². The molecule has 0 aliphatic heterocycles. The van der Waals surface area contributed by atoms with Gasteiger partial charge in [0.2, 0.25) is 6.33 Å². The van der Waals surface area contributed by atoms with Crippen molar-refractivity contribution in [1.82, 2.24) is 24.5 Å². The Morgan fingerprint density at radius 2 is 0.939 bits per heavy atom. The van der Waals surface area contributed by atoms with Gasteiger partial charge in [-0.2, -0.15) is 0 Å². The molecule has 5 aromatic heterocycles. The summed E-state index contributed by atoms with van der Waals surface area (Å²) in [6.45, 7) is 4.51. The average molecular weight is 849 g/mol. The summed E-state index contributed by atoms with van der Waals surface area (Å²) in [5, 5.41) is 0. The van der Waals surface area contributed by atoms with Crippen LogP contribution in [0.2, 0.25) is 0 Å². The van der Waals surface area contributed by atoms with Crippen LogP contribution in [-0.4, -0.2) is 24.5 Å². The van der Waals surface area contributed by atoms with Gasteiger partial charge in [0.25, 0.3) is 0 Å². The van der Waals surface area contributed by atoms with Gasteiger partial charge in [0.1, 0.15) is 0 Å². The van der Waals surface area contributed by atoms with Crippen molar-refractivity contribution in [1.29, 1.82) is 0 Å². The van der Waals surface area contributed by atoms with E-state index < -0.39 is 16.4 Å². The van der Waals surface area contributed by atoms with Crippen LogP contribution in [0.1, 0.15) is 86.7 Å². The number of aryl methyl sites for hydroxylation is 1. The van der Waals surface area contributed by atoms with Crippen molar-refractivity contribution in [2.45, 2.75) is 36.1 Å². The molecule has 0 amide bonds. The standard InChI is InChI=1S/C60H44N6/c1-39(2)40-28-32-61-54(35-40)59(49-23-8-5-20-46(49)56-52(59)26-13-30-63-56)43-17-10-15-41(36-43)58(48-22-7-4-19-45(48)55-51(58)25-12-29-62-55)42-16-11-18-44(37-42)60(66-34-33-65(3)38-66)50-24-9-6-21-47(50)57-53(60)27-14-31-64-57/h4-37,39H,1-3H3. The third-order valence-electron chi connectivity index (χ3n) is 14.7. The predicted molar refractivity (Wildman–Crippen MR) is 258 cm³/mol. The molecular weight excluding hydrogens is 805 g/mol. The zero-order valence-corrected chi connectivity index (χ0v) is 36.9. The van der Waals surface area contributed by atoms with Crippen molar-refractivity contribution in [3.63, 3.8) is 0 Å². The summed E-state index contributed by atoms with van der Waals surface area (Å²) >= 11 is 0. The molecule has 0 saturated carbocycles. The zero-order valence-electron chi connectivity index (χ0n) is 36.9. The first-order valence-corrected chi connectivity index (χ1v) is 22.8. The molecule has 66 heavy (non-hydrogen) atoms. The number of pyridine rings is 4. The molecule has 10 aromatic rings. The fraction of sp³-hybridized carbons (Fsp3) is 0.117. The Bertz CT molecular complexity index is 3440. The highest BCUT2D eigenvalue weighted by molar-refractivity contribution is 5.87. The fourth-order valence-corrected chi connectivity index (χ4v) is 12.0. The number of aromatic nitrogens is 6. The molecule has 0 spiro atoms. The number of nitrogens with zero attached hydrogens (tertiary/aromatic N) is 6. The van der Waals surface area contributed by atoms with Crippen molar-refractivity contribution in [2.75, 3.05) is 0 Å². The second kappa shape index (κ2) is 14.2. The van der Waals surface area contributed by atoms with E-state index in [4.69, 9.17) is 19.9 Å². The summed E-state index contributed by atoms with van der Waals surface area (Å²) < 4.78 is 4.25. The van der Waals surface area contributed by atoms with E-state index in [1.54, 1.807) is 0 Å². The first-order valence-electron chi connectivity index (χ1n) is 22.8. The first kappa shape index (κ1) is 38.4. The average Bonchev–Trinajstić information content (AvgIpc) is 4.11. The SMILES string of the molecule is CC(C)c1ccnc(C2(c3cccc(C4(c5cccc(C6(n7[c-][n+](C)cc7)c7ccccc7-c7ncccc76)c5)c5ccccc5-c5ncccc54)c3)c3ccccc3-c3ncccc32)c1. The van der Waals surface area contributed by atoms with E-state index in [-0.39, 0.29) is 0 Å². The van der Waals surface area contributed by atoms with Crippen LogP contribution in [0.25, 0.3) is 33.8 Å². The van der Waals surface area contributed by atoms with Gasteiger partial charge >= 0.3 is 0 Å². The normalized spacial score (nSPS) is 19.5. The Labute approximate surface area is 384 Å². The van der Waals surface area contributed by atoms with Crippen molar-refractivity contribution in [3.05, 3.63) is 280 Å². The van der Waals surface area contributed by atoms with Gasteiger partial charge < -0.3 is 9.13 Å². The quantitative estimate of drug-likeness (QED) is 0.118. The molecule has 0 N–H and O–H groups in total. The topological polar surface area (TPSA) is 60.4 Å². The minimum absolute atomic E-state index is 0.319. The summed E-state index contributed by atoms with van der Waals surface area (Å²) in [5.41, 5.74) is 17.8. The molecule has 0 fully saturated rings. The van der Waals surface area contributed by atoms with E-state index in [1.807, 2.05) is 36.4 Å². The number of imidazole rings is 1. The Balaban J connectivity index is 1.13. The third-order valence-corrected chi connectivity index (χ3v) is 14.7. The first-order chi connectivity index (χ1) is 32.5. The summed E-state index contributed by atoms with van der Waals surface area (Å²) in [6, 6.07) is 62.5. The van der Waals surface area contributed by atoms with Gasteiger partial charge in [0.05, 0.1) is 40.7 Å². The number of benzene rings is 5. The monoisotopic (exact) mass is 848 g/mol. The smallest absolute Gasteiger partial charge is 0.204 e. The Morgan fingerprint density at radius 1 is 0.455 bits per heavy atom. The van der Waals surface area contributed by atoms with Crippen LogP contribution in [0.4, 0.5) is 0 Å². The Kier molecular flexibility index (Phi) is 8.26. The largest absolute Gasteiger partial charge is 0.354 e. The minimum Gasteiger partial charge on any atom is -0.354 e. The maximum atomic E-state index is 5.31. The van der Waals surface area contributed by atoms with Gasteiger partial charge in [0.15, 0.2) is 5.54 Å². The van der Waals surface area contributed by atoms with E-state index in [0.29, 0.717) is 5.92 Å². The van der Waals surface area contributed by atoms with Crippen LogP contribution in [0.15, 0.2) is 207 Å². The maximum Gasteiger partial charge on any atom is 0.204 e. The molecule has 0 radical (unpaired) electrons. The highest BCUT2D eigenvalue weighted by atomic mass is 15.2. The van der Waals surface area contributed by atoms with Crippen molar-refractivity contribution >= 4 is 0 Å². The molecule has 5 heterocycles. The second-order valence-electron chi connectivity index (χ2n) is 18.2. The molecule has 3 atom stereocenters. The molecule has 3 unspecified atom stereocenters. The van der Waals surface area contributed by atoms with Gasteiger partial charge in [0, 0.05) is 58.2 Å². The molecule has 5 aromatic carbocycles. The molecule has 6 heteroatoms. The molecule has 0 saturated heterocycles. The number of rotatable bonds is 7. The predicted octanol–water partition coefficient (Wildman–Crippen LogP) is 11.4. The number of fused-ring (bicyclic) bond motifs is 9. The highest BCUT2D eigenvalue weighted by Crippen LogP contribution is 2.60. The van der Waals surface area contributed by atoms with Crippen molar-refractivity contribution in [3.8, 4) is 33.8 Å². The van der Waals surface area contributed by atoms with Crippen molar-refractivity contribution < 1.29 is 4.57 Å². The van der Waals surface area contributed by atoms with Gasteiger partial charge in [-0.05, 0) is 99.2 Å². The van der Waals surface area contributed by atoms with Gasteiger partial charge in [-0.1, -0.05) is 147 Å². The minimum atomic E-state index is -0.779. The third kappa shape index (κ3) is 4.93. The fourth-order valence-electron chi connectivity index (χ4n) is 12.0. The zero-order chi connectivity index (χ0) is 44.2. The van der Waals surface area contributed by atoms with E-state index in [9.17, 15) is 0 Å². The molecule has 314 valence electrons. The lowest BCUT2D eigenvalue weighted by atomic mass is 9.64. The summed E-state index contributed by atoms with van der Waals surface area (Å²) in [4.78, 5) is 20.6. The van der Waals surface area contributed by atoms with Crippen LogP contribution >= 0.6 is 0 Å².